The first-order valence-corrected chi connectivity index (χ1v) is 11.8. The number of hydrogen-bond acceptors (Lipinski definition) is 5. The number of aromatic nitrogens is 1. The fraction of sp³-hybridized carbons (Fsp3) is 0.440. The van der Waals surface area contributed by atoms with E-state index in [1.165, 1.54) is 0 Å². The van der Waals surface area contributed by atoms with E-state index < -0.39 is 0 Å². The number of oxazole rings is 1. The molecule has 1 fully saturated rings. The zero-order valence-corrected chi connectivity index (χ0v) is 19.6. The molecule has 0 saturated carbocycles. The maximum Gasteiger partial charge on any atom is 0.295 e. The van der Waals surface area contributed by atoms with Gasteiger partial charge in [-0.3, -0.25) is 4.79 Å². The van der Waals surface area contributed by atoms with Crippen LogP contribution in [0, 0.1) is 5.92 Å². The molecular weight excluding hydrogens is 424 g/mol. The van der Waals surface area contributed by atoms with E-state index in [4.69, 9.17) is 16.0 Å². The average molecular weight is 455 g/mol. The Hall–Kier alpha value is -2.57. The molecule has 1 aromatic heterocycles. The van der Waals surface area contributed by atoms with Gasteiger partial charge in [0.05, 0.1) is 0 Å². The van der Waals surface area contributed by atoms with Crippen LogP contribution in [-0.4, -0.2) is 53.4 Å². The predicted octanol–water partition coefficient (Wildman–Crippen LogP) is 5.29. The topological polar surface area (TPSA) is 61.6 Å². The number of hydrogen-bond donors (Lipinski definition) is 1. The number of amides is 1. The van der Waals surface area contributed by atoms with Crippen LogP contribution in [0.1, 0.15) is 42.6 Å². The first-order chi connectivity index (χ1) is 15.6. The molecule has 1 saturated heterocycles. The molecule has 1 atom stereocenters. The molecule has 1 aliphatic heterocycles. The summed E-state index contributed by atoms with van der Waals surface area (Å²) in [6, 6.07) is 13.6. The first kappa shape index (κ1) is 22.6. The smallest absolute Gasteiger partial charge is 0.295 e. The monoisotopic (exact) mass is 454 g/mol. The van der Waals surface area contributed by atoms with Crippen molar-refractivity contribution in [3.8, 4) is 0 Å². The van der Waals surface area contributed by atoms with E-state index in [9.17, 15) is 4.79 Å². The molecule has 0 spiro atoms. The van der Waals surface area contributed by atoms with Gasteiger partial charge in [-0.25, -0.2) is 0 Å². The number of rotatable bonds is 9. The average Bonchev–Trinajstić information content (AvgIpc) is 3.42. The van der Waals surface area contributed by atoms with Gasteiger partial charge in [0, 0.05) is 36.8 Å². The lowest BCUT2D eigenvalue weighted by atomic mass is 10.1. The summed E-state index contributed by atoms with van der Waals surface area (Å²) < 4.78 is 5.81. The largest absolute Gasteiger partial charge is 0.424 e. The Morgan fingerprint density at radius 2 is 2.16 bits per heavy atom. The number of nitrogens with one attached hydrogen (secondary N) is 1. The van der Waals surface area contributed by atoms with Gasteiger partial charge in [-0.15, -0.1) is 0 Å². The second-order valence-electron chi connectivity index (χ2n) is 8.48. The van der Waals surface area contributed by atoms with Crippen LogP contribution in [0.3, 0.4) is 0 Å². The summed E-state index contributed by atoms with van der Waals surface area (Å²) in [4.78, 5) is 22.3. The van der Waals surface area contributed by atoms with Crippen molar-refractivity contribution < 1.29 is 9.21 Å². The SMILES string of the molecule is CCCN(CC1CCN(CC)C1)C(=O)c1ccc2oc(NCc3cccc(Cl)c3)nc2c1. The van der Waals surface area contributed by atoms with Crippen molar-refractivity contribution in [1.82, 2.24) is 14.8 Å². The summed E-state index contributed by atoms with van der Waals surface area (Å²) >= 11 is 6.05. The molecule has 6 nitrogen and oxygen atoms in total. The minimum atomic E-state index is 0.0696. The van der Waals surface area contributed by atoms with E-state index in [1.54, 1.807) is 0 Å². The van der Waals surface area contributed by atoms with Crippen LogP contribution in [0.2, 0.25) is 5.02 Å². The van der Waals surface area contributed by atoms with Gasteiger partial charge >= 0.3 is 0 Å². The maximum atomic E-state index is 13.3. The normalized spacial score (nSPS) is 16.5. The summed E-state index contributed by atoms with van der Waals surface area (Å²) in [5.74, 6) is 0.614. The number of carbonyl (C=O) groups excluding carboxylic acids is 1. The summed E-state index contributed by atoms with van der Waals surface area (Å²) in [5, 5.41) is 3.89. The predicted molar refractivity (Wildman–Crippen MR) is 129 cm³/mol. The van der Waals surface area contributed by atoms with Gasteiger partial charge in [0.2, 0.25) is 0 Å². The molecule has 1 unspecified atom stereocenters. The highest BCUT2D eigenvalue weighted by molar-refractivity contribution is 6.30. The van der Waals surface area contributed by atoms with Gasteiger partial charge in [0.25, 0.3) is 11.9 Å². The minimum absolute atomic E-state index is 0.0696. The number of nitrogens with zero attached hydrogens (tertiary/aromatic N) is 3. The van der Waals surface area contributed by atoms with E-state index in [0.717, 1.165) is 51.1 Å². The van der Waals surface area contributed by atoms with Crippen LogP contribution in [0.25, 0.3) is 11.1 Å². The third-order valence-corrected chi connectivity index (χ3v) is 6.28. The number of halogens is 1. The lowest BCUT2D eigenvalue weighted by Gasteiger charge is -2.25. The molecular formula is C25H31ClN4O2. The number of benzene rings is 2. The molecule has 3 aromatic rings. The van der Waals surface area contributed by atoms with Crippen molar-refractivity contribution in [3.05, 3.63) is 58.6 Å². The minimum Gasteiger partial charge on any atom is -0.424 e. The van der Waals surface area contributed by atoms with Crippen LogP contribution in [0.15, 0.2) is 46.9 Å². The molecule has 2 heterocycles. The molecule has 0 radical (unpaired) electrons. The van der Waals surface area contributed by atoms with Crippen molar-refractivity contribution in [1.29, 1.82) is 0 Å². The lowest BCUT2D eigenvalue weighted by molar-refractivity contribution is 0.0729. The molecule has 0 aliphatic carbocycles. The molecule has 0 bridgehead atoms. The first-order valence-electron chi connectivity index (χ1n) is 11.5. The molecule has 4 rings (SSSR count). The van der Waals surface area contributed by atoms with Gasteiger partial charge in [0.1, 0.15) is 5.52 Å². The molecule has 1 aliphatic rings. The molecule has 170 valence electrons. The third-order valence-electron chi connectivity index (χ3n) is 6.04. The maximum absolute atomic E-state index is 13.3. The van der Waals surface area contributed by atoms with Gasteiger partial charge in [-0.2, -0.15) is 4.98 Å². The molecule has 7 heteroatoms. The Morgan fingerprint density at radius 1 is 1.28 bits per heavy atom. The fourth-order valence-corrected chi connectivity index (χ4v) is 4.56. The number of carbonyl (C=O) groups is 1. The quantitative estimate of drug-likeness (QED) is 0.476. The molecule has 32 heavy (non-hydrogen) atoms. The van der Waals surface area contributed by atoms with E-state index in [1.807, 2.05) is 47.4 Å². The van der Waals surface area contributed by atoms with Crippen molar-refractivity contribution >= 4 is 34.6 Å². The number of fused-ring (bicyclic) bond motifs is 1. The lowest BCUT2D eigenvalue weighted by Crippen LogP contribution is -2.37. The highest BCUT2D eigenvalue weighted by Gasteiger charge is 2.26. The van der Waals surface area contributed by atoms with Gasteiger partial charge in [0.15, 0.2) is 5.58 Å². The zero-order chi connectivity index (χ0) is 22.5. The Balaban J connectivity index is 1.45. The van der Waals surface area contributed by atoms with Crippen LogP contribution in [0.5, 0.6) is 0 Å². The van der Waals surface area contributed by atoms with E-state index in [0.29, 0.717) is 40.2 Å². The Kier molecular flexibility index (Phi) is 7.33. The molecule has 1 N–H and O–H groups in total. The van der Waals surface area contributed by atoms with Crippen LogP contribution in [-0.2, 0) is 6.54 Å². The number of anilines is 1. The summed E-state index contributed by atoms with van der Waals surface area (Å²) in [5.41, 5.74) is 3.04. The van der Waals surface area contributed by atoms with E-state index in [2.05, 4.69) is 29.0 Å². The second-order valence-corrected chi connectivity index (χ2v) is 8.92. The molecule has 1 amide bonds. The molecule has 2 aromatic carbocycles. The Morgan fingerprint density at radius 3 is 2.91 bits per heavy atom. The van der Waals surface area contributed by atoms with Gasteiger partial charge in [-0.05, 0) is 67.7 Å². The number of likely N-dealkylation sites (tertiary alicyclic amines) is 1. The standard InChI is InChI=1S/C25H31ClN4O2/c1-3-11-30(17-19-10-12-29(4-2)16-19)24(31)20-8-9-23-22(14-20)28-25(32-23)27-15-18-6-5-7-21(26)13-18/h5-9,13-14,19H,3-4,10-12,15-17H2,1-2H3,(H,27,28). The summed E-state index contributed by atoms with van der Waals surface area (Å²) in [7, 11) is 0. The van der Waals surface area contributed by atoms with Crippen molar-refractivity contribution in [2.24, 2.45) is 5.92 Å². The summed E-state index contributed by atoms with van der Waals surface area (Å²) in [6.45, 7) is 9.74. The zero-order valence-electron chi connectivity index (χ0n) is 18.8. The van der Waals surface area contributed by atoms with Gasteiger partial charge in [-0.1, -0.05) is 37.6 Å². The highest BCUT2D eigenvalue weighted by Crippen LogP contribution is 2.23. The second kappa shape index (κ2) is 10.4. The third kappa shape index (κ3) is 5.43. The van der Waals surface area contributed by atoms with E-state index in [-0.39, 0.29) is 5.91 Å². The highest BCUT2D eigenvalue weighted by atomic mass is 35.5. The van der Waals surface area contributed by atoms with Crippen LogP contribution < -0.4 is 5.32 Å². The van der Waals surface area contributed by atoms with E-state index >= 15 is 0 Å². The van der Waals surface area contributed by atoms with Gasteiger partial charge < -0.3 is 19.5 Å². The van der Waals surface area contributed by atoms with Crippen LogP contribution >= 0.6 is 11.6 Å². The fourth-order valence-electron chi connectivity index (χ4n) is 4.35. The van der Waals surface area contributed by atoms with Crippen molar-refractivity contribution in [2.75, 3.05) is 38.0 Å². The summed E-state index contributed by atoms with van der Waals surface area (Å²) in [6.07, 6.45) is 2.10. The Labute approximate surface area is 194 Å². The van der Waals surface area contributed by atoms with Crippen molar-refractivity contribution in [2.45, 2.75) is 33.2 Å². The van der Waals surface area contributed by atoms with Crippen molar-refractivity contribution in [3.63, 3.8) is 0 Å². The Bertz CT molecular complexity index is 1070. The van der Waals surface area contributed by atoms with Crippen LogP contribution in [0.4, 0.5) is 6.01 Å².